The molecule has 1 N–H and O–H groups in total. The maximum Gasteiger partial charge on any atom is 0.0245 e. The smallest absolute Gasteiger partial charge is 0.0245 e. The Labute approximate surface area is 115 Å². The van der Waals surface area contributed by atoms with E-state index in [1.807, 2.05) is 0 Å². The zero-order valence-corrected chi connectivity index (χ0v) is 12.7. The highest BCUT2D eigenvalue weighted by atomic mass is 32.1. The third-order valence-corrected chi connectivity index (χ3v) is 4.31. The first-order valence-corrected chi connectivity index (χ1v) is 7.99. The molecule has 1 aromatic rings. The van der Waals surface area contributed by atoms with Crippen molar-refractivity contribution in [2.75, 3.05) is 13.1 Å². The van der Waals surface area contributed by atoms with E-state index in [4.69, 9.17) is 0 Å². The molecule has 0 spiro atoms. The van der Waals surface area contributed by atoms with Crippen molar-refractivity contribution in [3.05, 3.63) is 22.4 Å². The van der Waals surface area contributed by atoms with Crippen molar-refractivity contribution in [2.45, 2.75) is 58.2 Å². The van der Waals surface area contributed by atoms with Gasteiger partial charge < -0.3 is 5.32 Å². The van der Waals surface area contributed by atoms with Crippen molar-refractivity contribution in [3.8, 4) is 0 Å². The molecule has 2 rings (SSSR count). The molecule has 1 fully saturated rings. The minimum atomic E-state index is 0.228. The Morgan fingerprint density at radius 2 is 2.22 bits per heavy atom. The lowest BCUT2D eigenvalue weighted by Gasteiger charge is -2.37. The number of hydrogen-bond acceptors (Lipinski definition) is 3. The van der Waals surface area contributed by atoms with Gasteiger partial charge in [-0.1, -0.05) is 6.42 Å². The largest absolute Gasteiger partial charge is 0.311 e. The van der Waals surface area contributed by atoms with E-state index in [-0.39, 0.29) is 5.54 Å². The van der Waals surface area contributed by atoms with Gasteiger partial charge in [0.15, 0.2) is 0 Å². The van der Waals surface area contributed by atoms with Crippen LogP contribution in [0.2, 0.25) is 0 Å². The van der Waals surface area contributed by atoms with E-state index in [9.17, 15) is 0 Å². The van der Waals surface area contributed by atoms with Crippen LogP contribution in [0.3, 0.4) is 0 Å². The summed E-state index contributed by atoms with van der Waals surface area (Å²) in [6.07, 6.45) is 4.08. The molecule has 102 valence electrons. The maximum absolute atomic E-state index is 3.66. The van der Waals surface area contributed by atoms with Gasteiger partial charge in [-0.05, 0) is 62.5 Å². The van der Waals surface area contributed by atoms with E-state index < -0.39 is 0 Å². The molecule has 0 aliphatic carbocycles. The lowest BCUT2D eigenvalue weighted by molar-refractivity contribution is 0.131. The maximum atomic E-state index is 3.66. The summed E-state index contributed by atoms with van der Waals surface area (Å²) in [5.74, 6) is 0. The Hall–Kier alpha value is -0.380. The van der Waals surface area contributed by atoms with Crippen LogP contribution in [0.15, 0.2) is 16.8 Å². The van der Waals surface area contributed by atoms with Crippen LogP contribution in [0.4, 0.5) is 0 Å². The van der Waals surface area contributed by atoms with Gasteiger partial charge in [0.2, 0.25) is 0 Å². The average Bonchev–Trinajstić information content (AvgIpc) is 2.80. The molecule has 1 saturated heterocycles. The predicted octanol–water partition coefficient (Wildman–Crippen LogP) is 3.49. The fourth-order valence-corrected chi connectivity index (χ4v) is 3.20. The molecule has 0 radical (unpaired) electrons. The van der Waals surface area contributed by atoms with E-state index in [2.05, 4.69) is 47.8 Å². The number of thiophene rings is 1. The summed E-state index contributed by atoms with van der Waals surface area (Å²) in [7, 11) is 0. The Morgan fingerprint density at radius 1 is 1.39 bits per heavy atom. The standard InChI is InChI=1S/C15H26N2S/c1-15(2,3)16-10-14-6-4-5-8-17(14)11-13-7-9-18-12-13/h7,9,12,14,16H,4-6,8,10-11H2,1-3H3. The number of likely N-dealkylation sites (tertiary alicyclic amines) is 1. The molecule has 0 bridgehead atoms. The summed E-state index contributed by atoms with van der Waals surface area (Å²) in [5.41, 5.74) is 1.70. The van der Waals surface area contributed by atoms with Crippen LogP contribution >= 0.6 is 11.3 Å². The van der Waals surface area contributed by atoms with E-state index in [1.54, 1.807) is 11.3 Å². The summed E-state index contributed by atoms with van der Waals surface area (Å²) in [5, 5.41) is 8.12. The van der Waals surface area contributed by atoms with Crippen molar-refractivity contribution in [3.63, 3.8) is 0 Å². The third-order valence-electron chi connectivity index (χ3n) is 3.58. The van der Waals surface area contributed by atoms with Gasteiger partial charge in [-0.15, -0.1) is 0 Å². The van der Waals surface area contributed by atoms with Crippen LogP contribution in [0.25, 0.3) is 0 Å². The number of nitrogens with one attached hydrogen (secondary N) is 1. The van der Waals surface area contributed by atoms with Crippen LogP contribution in [0.5, 0.6) is 0 Å². The van der Waals surface area contributed by atoms with Gasteiger partial charge in [-0.25, -0.2) is 0 Å². The second-order valence-electron chi connectivity index (χ2n) is 6.38. The molecule has 0 amide bonds. The predicted molar refractivity (Wildman–Crippen MR) is 80.1 cm³/mol. The number of nitrogens with zero attached hydrogens (tertiary/aromatic N) is 1. The summed E-state index contributed by atoms with van der Waals surface area (Å²) < 4.78 is 0. The summed E-state index contributed by atoms with van der Waals surface area (Å²) >= 11 is 1.80. The highest BCUT2D eigenvalue weighted by molar-refractivity contribution is 7.07. The molecule has 2 heterocycles. The van der Waals surface area contributed by atoms with Crippen LogP contribution in [0, 0.1) is 0 Å². The Kier molecular flexibility index (Phi) is 4.82. The number of rotatable bonds is 4. The summed E-state index contributed by atoms with van der Waals surface area (Å²) in [4.78, 5) is 2.66. The molecule has 2 nitrogen and oxygen atoms in total. The van der Waals surface area contributed by atoms with Gasteiger partial charge >= 0.3 is 0 Å². The zero-order chi connectivity index (χ0) is 13.0. The van der Waals surface area contributed by atoms with Crippen molar-refractivity contribution < 1.29 is 0 Å². The second kappa shape index (κ2) is 6.18. The van der Waals surface area contributed by atoms with Gasteiger partial charge in [-0.3, -0.25) is 4.90 Å². The van der Waals surface area contributed by atoms with E-state index in [0.717, 1.165) is 13.1 Å². The molecule has 0 saturated carbocycles. The molecular weight excluding hydrogens is 240 g/mol. The topological polar surface area (TPSA) is 15.3 Å². The monoisotopic (exact) mass is 266 g/mol. The van der Waals surface area contributed by atoms with Crippen molar-refractivity contribution in [1.29, 1.82) is 0 Å². The van der Waals surface area contributed by atoms with Gasteiger partial charge in [-0.2, -0.15) is 11.3 Å². The normalized spacial score (nSPS) is 22.3. The Balaban J connectivity index is 1.89. The van der Waals surface area contributed by atoms with Crippen molar-refractivity contribution in [2.24, 2.45) is 0 Å². The third kappa shape index (κ3) is 4.38. The molecule has 0 aromatic carbocycles. The highest BCUT2D eigenvalue weighted by Gasteiger charge is 2.23. The van der Waals surface area contributed by atoms with Crippen LogP contribution in [-0.2, 0) is 6.54 Å². The Bertz CT molecular complexity index is 340. The fourth-order valence-electron chi connectivity index (χ4n) is 2.54. The van der Waals surface area contributed by atoms with Crippen LogP contribution in [0.1, 0.15) is 45.6 Å². The molecule has 1 aromatic heterocycles. The molecule has 1 aliphatic heterocycles. The Morgan fingerprint density at radius 3 is 2.89 bits per heavy atom. The molecule has 18 heavy (non-hydrogen) atoms. The summed E-state index contributed by atoms with van der Waals surface area (Å²) in [6.45, 7) is 10.2. The van der Waals surface area contributed by atoms with Gasteiger partial charge in [0.05, 0.1) is 0 Å². The van der Waals surface area contributed by atoms with E-state index in [0.29, 0.717) is 6.04 Å². The van der Waals surface area contributed by atoms with Crippen LogP contribution < -0.4 is 5.32 Å². The molecule has 3 heteroatoms. The van der Waals surface area contributed by atoms with Gasteiger partial charge in [0.25, 0.3) is 0 Å². The number of hydrogen-bond donors (Lipinski definition) is 1. The highest BCUT2D eigenvalue weighted by Crippen LogP contribution is 2.20. The van der Waals surface area contributed by atoms with E-state index in [1.165, 1.54) is 31.4 Å². The fraction of sp³-hybridized carbons (Fsp3) is 0.733. The second-order valence-corrected chi connectivity index (χ2v) is 7.16. The minimum absolute atomic E-state index is 0.228. The van der Waals surface area contributed by atoms with Crippen molar-refractivity contribution in [1.82, 2.24) is 10.2 Å². The first-order chi connectivity index (χ1) is 8.54. The summed E-state index contributed by atoms with van der Waals surface area (Å²) in [6, 6.07) is 2.96. The van der Waals surface area contributed by atoms with Gasteiger partial charge in [0.1, 0.15) is 0 Å². The number of piperidine rings is 1. The minimum Gasteiger partial charge on any atom is -0.311 e. The lowest BCUT2D eigenvalue weighted by Crippen LogP contribution is -2.49. The SMILES string of the molecule is CC(C)(C)NCC1CCCCN1Cc1ccsc1. The van der Waals surface area contributed by atoms with Gasteiger partial charge in [0, 0.05) is 24.7 Å². The molecular formula is C15H26N2S. The average molecular weight is 266 g/mol. The molecule has 1 aliphatic rings. The zero-order valence-electron chi connectivity index (χ0n) is 11.9. The van der Waals surface area contributed by atoms with E-state index >= 15 is 0 Å². The first kappa shape index (κ1) is 14.0. The molecule has 1 atom stereocenters. The van der Waals surface area contributed by atoms with Crippen molar-refractivity contribution >= 4 is 11.3 Å². The quantitative estimate of drug-likeness (QED) is 0.897. The molecule has 1 unspecified atom stereocenters. The lowest BCUT2D eigenvalue weighted by atomic mass is 10.00. The first-order valence-electron chi connectivity index (χ1n) is 7.05. The van der Waals surface area contributed by atoms with Crippen LogP contribution in [-0.4, -0.2) is 29.6 Å².